The Kier molecular flexibility index (Phi) is 2.69. The second kappa shape index (κ2) is 4.32. The minimum atomic E-state index is -0.116. The highest BCUT2D eigenvalue weighted by Gasteiger charge is 2.22. The molecule has 16 heavy (non-hydrogen) atoms. The summed E-state index contributed by atoms with van der Waals surface area (Å²) in [5.74, 6) is 1.19. The third kappa shape index (κ3) is 1.87. The maximum absolute atomic E-state index is 5.54. The first kappa shape index (κ1) is 9.95. The summed E-state index contributed by atoms with van der Waals surface area (Å²) in [5.41, 5.74) is 0. The lowest BCUT2D eigenvalue weighted by Crippen LogP contribution is -2.33. The van der Waals surface area contributed by atoms with Crippen molar-refractivity contribution in [1.29, 1.82) is 0 Å². The average molecular weight is 237 g/mol. The molecule has 3 heterocycles. The number of aromatic nitrogens is 2. The molecule has 0 bridgehead atoms. The zero-order valence-corrected chi connectivity index (χ0v) is 9.37. The van der Waals surface area contributed by atoms with Crippen molar-refractivity contribution in [3.63, 3.8) is 0 Å². The SMILES string of the molecule is c1csc(-c2noc([C@@H]3CNCCO3)n2)c1. The van der Waals surface area contributed by atoms with Crippen LogP contribution in [0.2, 0.25) is 0 Å². The lowest BCUT2D eigenvalue weighted by molar-refractivity contribution is 0.00755. The fourth-order valence-electron chi connectivity index (χ4n) is 1.60. The lowest BCUT2D eigenvalue weighted by Gasteiger charge is -2.19. The molecular formula is C10H11N3O2S. The van der Waals surface area contributed by atoms with Gasteiger partial charge in [0.1, 0.15) is 6.10 Å². The maximum Gasteiger partial charge on any atom is 0.257 e. The monoisotopic (exact) mass is 237 g/mol. The lowest BCUT2D eigenvalue weighted by atomic mass is 10.3. The van der Waals surface area contributed by atoms with Crippen molar-refractivity contribution < 1.29 is 9.26 Å². The molecule has 0 unspecified atom stereocenters. The zero-order chi connectivity index (χ0) is 10.8. The Labute approximate surface area is 96.4 Å². The molecule has 1 atom stereocenters. The molecule has 1 aliphatic rings. The molecule has 0 radical (unpaired) electrons. The van der Waals surface area contributed by atoms with Crippen LogP contribution in [0.25, 0.3) is 10.7 Å². The number of ether oxygens (including phenoxy) is 1. The van der Waals surface area contributed by atoms with Gasteiger partial charge in [-0.05, 0) is 11.4 Å². The molecule has 84 valence electrons. The van der Waals surface area contributed by atoms with Crippen LogP contribution in [0.4, 0.5) is 0 Å². The zero-order valence-electron chi connectivity index (χ0n) is 8.55. The minimum Gasteiger partial charge on any atom is -0.366 e. The second-order valence-corrected chi connectivity index (χ2v) is 4.44. The fourth-order valence-corrected chi connectivity index (χ4v) is 2.25. The van der Waals surface area contributed by atoms with Crippen LogP contribution in [0, 0.1) is 0 Å². The first-order chi connectivity index (χ1) is 7.93. The van der Waals surface area contributed by atoms with E-state index in [4.69, 9.17) is 9.26 Å². The van der Waals surface area contributed by atoms with E-state index in [2.05, 4.69) is 15.5 Å². The van der Waals surface area contributed by atoms with Gasteiger partial charge in [0, 0.05) is 13.1 Å². The minimum absolute atomic E-state index is 0.116. The quantitative estimate of drug-likeness (QED) is 0.856. The Morgan fingerprint density at radius 1 is 1.50 bits per heavy atom. The normalized spacial score (nSPS) is 21.1. The van der Waals surface area contributed by atoms with Crippen molar-refractivity contribution in [2.24, 2.45) is 0 Å². The number of hydrogen-bond donors (Lipinski definition) is 1. The standard InChI is InChI=1S/C10H11N3O2S/c1-2-8(16-5-1)9-12-10(15-13-9)7-6-11-3-4-14-7/h1-2,5,7,11H,3-4,6H2/t7-/m0/s1. The number of morpholine rings is 1. The molecule has 0 saturated carbocycles. The van der Waals surface area contributed by atoms with E-state index in [0.29, 0.717) is 18.3 Å². The smallest absolute Gasteiger partial charge is 0.257 e. The Bertz CT molecular complexity index is 448. The summed E-state index contributed by atoms with van der Waals surface area (Å²) in [5, 5.41) is 9.17. The van der Waals surface area contributed by atoms with E-state index >= 15 is 0 Å². The van der Waals surface area contributed by atoms with Gasteiger partial charge in [-0.1, -0.05) is 11.2 Å². The molecule has 1 aliphatic heterocycles. The molecule has 0 aliphatic carbocycles. The topological polar surface area (TPSA) is 60.2 Å². The summed E-state index contributed by atoms with van der Waals surface area (Å²) in [6.07, 6.45) is -0.116. The Morgan fingerprint density at radius 2 is 2.50 bits per heavy atom. The van der Waals surface area contributed by atoms with E-state index in [-0.39, 0.29) is 6.10 Å². The summed E-state index contributed by atoms with van der Waals surface area (Å²) in [6.45, 7) is 2.29. The van der Waals surface area contributed by atoms with Crippen LogP contribution in [-0.4, -0.2) is 29.8 Å². The van der Waals surface area contributed by atoms with Crippen molar-refractivity contribution in [3.05, 3.63) is 23.4 Å². The highest BCUT2D eigenvalue weighted by molar-refractivity contribution is 7.13. The molecule has 2 aromatic rings. The van der Waals surface area contributed by atoms with Crippen molar-refractivity contribution >= 4 is 11.3 Å². The van der Waals surface area contributed by atoms with Crippen LogP contribution in [0.1, 0.15) is 12.0 Å². The van der Waals surface area contributed by atoms with E-state index in [1.165, 1.54) is 0 Å². The summed E-state index contributed by atoms with van der Waals surface area (Å²) < 4.78 is 10.7. The van der Waals surface area contributed by atoms with Gasteiger partial charge < -0.3 is 14.6 Å². The van der Waals surface area contributed by atoms with Gasteiger partial charge in [-0.3, -0.25) is 0 Å². The predicted octanol–water partition coefficient (Wildman–Crippen LogP) is 1.46. The highest BCUT2D eigenvalue weighted by atomic mass is 32.1. The van der Waals surface area contributed by atoms with Gasteiger partial charge in [0.05, 0.1) is 11.5 Å². The van der Waals surface area contributed by atoms with Crippen LogP contribution < -0.4 is 5.32 Å². The molecule has 1 saturated heterocycles. The van der Waals surface area contributed by atoms with Gasteiger partial charge in [0.15, 0.2) is 0 Å². The first-order valence-corrected chi connectivity index (χ1v) is 6.01. The Hall–Kier alpha value is -1.24. The summed E-state index contributed by atoms with van der Waals surface area (Å²) in [7, 11) is 0. The van der Waals surface area contributed by atoms with Crippen LogP contribution in [0.5, 0.6) is 0 Å². The summed E-state index contributed by atoms with van der Waals surface area (Å²) in [4.78, 5) is 5.36. The molecule has 1 fully saturated rings. The maximum atomic E-state index is 5.54. The van der Waals surface area contributed by atoms with Crippen LogP contribution in [0.3, 0.4) is 0 Å². The molecule has 3 rings (SSSR count). The van der Waals surface area contributed by atoms with Gasteiger partial charge in [-0.25, -0.2) is 0 Å². The Morgan fingerprint density at radius 3 is 3.25 bits per heavy atom. The van der Waals surface area contributed by atoms with E-state index in [0.717, 1.165) is 18.0 Å². The summed E-state index contributed by atoms with van der Waals surface area (Å²) >= 11 is 1.59. The van der Waals surface area contributed by atoms with Crippen molar-refractivity contribution in [2.75, 3.05) is 19.7 Å². The molecule has 6 heteroatoms. The second-order valence-electron chi connectivity index (χ2n) is 3.50. The third-order valence-corrected chi connectivity index (χ3v) is 3.25. The third-order valence-electron chi connectivity index (χ3n) is 2.39. The summed E-state index contributed by atoms with van der Waals surface area (Å²) in [6, 6.07) is 3.94. The van der Waals surface area contributed by atoms with E-state index in [9.17, 15) is 0 Å². The molecular weight excluding hydrogens is 226 g/mol. The van der Waals surface area contributed by atoms with Crippen molar-refractivity contribution in [1.82, 2.24) is 15.5 Å². The molecule has 5 nitrogen and oxygen atoms in total. The molecule has 0 amide bonds. The van der Waals surface area contributed by atoms with Crippen LogP contribution in [0.15, 0.2) is 22.0 Å². The van der Waals surface area contributed by atoms with Gasteiger partial charge in [0.2, 0.25) is 5.82 Å². The number of thiophene rings is 1. The van der Waals surface area contributed by atoms with E-state index < -0.39 is 0 Å². The van der Waals surface area contributed by atoms with E-state index in [1.54, 1.807) is 11.3 Å². The fraction of sp³-hybridized carbons (Fsp3) is 0.400. The van der Waals surface area contributed by atoms with Gasteiger partial charge in [-0.15, -0.1) is 11.3 Å². The van der Waals surface area contributed by atoms with Crippen LogP contribution in [-0.2, 0) is 4.74 Å². The van der Waals surface area contributed by atoms with Crippen molar-refractivity contribution in [3.8, 4) is 10.7 Å². The number of rotatable bonds is 2. The molecule has 2 aromatic heterocycles. The number of nitrogens with zero attached hydrogens (tertiary/aromatic N) is 2. The predicted molar refractivity (Wildman–Crippen MR) is 59.2 cm³/mol. The Balaban J connectivity index is 1.82. The van der Waals surface area contributed by atoms with Crippen molar-refractivity contribution in [2.45, 2.75) is 6.10 Å². The van der Waals surface area contributed by atoms with Gasteiger partial charge >= 0.3 is 0 Å². The van der Waals surface area contributed by atoms with Crippen LogP contribution >= 0.6 is 11.3 Å². The molecule has 1 N–H and O–H groups in total. The molecule has 0 spiro atoms. The van der Waals surface area contributed by atoms with Gasteiger partial charge in [-0.2, -0.15) is 4.98 Å². The number of nitrogens with one attached hydrogen (secondary N) is 1. The largest absolute Gasteiger partial charge is 0.366 e. The number of hydrogen-bond acceptors (Lipinski definition) is 6. The highest BCUT2D eigenvalue weighted by Crippen LogP contribution is 2.24. The van der Waals surface area contributed by atoms with Gasteiger partial charge in [0.25, 0.3) is 5.89 Å². The average Bonchev–Trinajstić information content (AvgIpc) is 3.01. The molecule has 0 aromatic carbocycles. The van der Waals surface area contributed by atoms with E-state index in [1.807, 2.05) is 17.5 Å². The first-order valence-electron chi connectivity index (χ1n) is 5.13.